The summed E-state index contributed by atoms with van der Waals surface area (Å²) in [6.07, 6.45) is 0. The van der Waals surface area contributed by atoms with Gasteiger partial charge in [-0.1, -0.05) is 25.4 Å². The fourth-order valence-corrected chi connectivity index (χ4v) is 0.896. The summed E-state index contributed by atoms with van der Waals surface area (Å²) < 4.78 is 12.5. The molecule has 0 bridgehead atoms. The molecular formula is C10H12ClFO. The summed E-state index contributed by atoms with van der Waals surface area (Å²) in [6, 6.07) is 3.90. The van der Waals surface area contributed by atoms with E-state index in [-0.39, 0.29) is 10.8 Å². The van der Waals surface area contributed by atoms with Crippen LogP contribution in [0, 0.1) is 5.82 Å². The van der Waals surface area contributed by atoms with Crippen molar-refractivity contribution in [3.8, 4) is 0 Å². The second-order valence-electron chi connectivity index (χ2n) is 2.19. The smallest absolute Gasteiger partial charge is 0.159 e. The van der Waals surface area contributed by atoms with Crippen LogP contribution in [0.25, 0.3) is 0 Å². The van der Waals surface area contributed by atoms with Gasteiger partial charge in [0.25, 0.3) is 0 Å². The summed E-state index contributed by atoms with van der Waals surface area (Å²) in [7, 11) is 0. The van der Waals surface area contributed by atoms with Gasteiger partial charge in [-0.2, -0.15) is 0 Å². The van der Waals surface area contributed by atoms with Crippen LogP contribution < -0.4 is 0 Å². The predicted molar refractivity (Wildman–Crippen MR) is 52.8 cm³/mol. The van der Waals surface area contributed by atoms with Crippen molar-refractivity contribution >= 4 is 17.4 Å². The highest BCUT2D eigenvalue weighted by atomic mass is 35.5. The molecule has 1 aromatic rings. The first kappa shape index (κ1) is 12.1. The van der Waals surface area contributed by atoms with Gasteiger partial charge in [0.15, 0.2) is 5.78 Å². The maximum atomic E-state index is 12.5. The van der Waals surface area contributed by atoms with Crippen LogP contribution in [0.1, 0.15) is 31.1 Å². The summed E-state index contributed by atoms with van der Waals surface area (Å²) in [5.41, 5.74) is 0.427. The maximum Gasteiger partial charge on any atom is 0.159 e. The summed E-state index contributed by atoms with van der Waals surface area (Å²) in [5.74, 6) is -0.622. The van der Waals surface area contributed by atoms with Crippen molar-refractivity contribution in [2.75, 3.05) is 0 Å². The zero-order valence-corrected chi connectivity index (χ0v) is 8.65. The van der Waals surface area contributed by atoms with Crippen LogP contribution >= 0.6 is 11.6 Å². The molecule has 72 valence electrons. The molecule has 0 aliphatic rings. The Morgan fingerprint density at radius 3 is 2.31 bits per heavy atom. The SMILES string of the molecule is CC.CC(=O)c1ccc(F)c(Cl)c1. The summed E-state index contributed by atoms with van der Waals surface area (Å²) >= 11 is 5.43. The standard InChI is InChI=1S/C8H6ClFO.C2H6/c1-5(11)6-2-3-8(10)7(9)4-6;1-2/h2-4H,1H3;1-2H3. The van der Waals surface area contributed by atoms with Crippen molar-refractivity contribution in [2.24, 2.45) is 0 Å². The Kier molecular flexibility index (Phi) is 5.31. The fourth-order valence-electron chi connectivity index (χ4n) is 0.715. The number of hydrogen-bond donors (Lipinski definition) is 0. The average molecular weight is 203 g/mol. The van der Waals surface area contributed by atoms with Gasteiger partial charge >= 0.3 is 0 Å². The van der Waals surface area contributed by atoms with Gasteiger partial charge in [-0.05, 0) is 25.1 Å². The molecule has 0 unspecified atom stereocenters. The minimum Gasteiger partial charge on any atom is -0.295 e. The molecule has 0 saturated heterocycles. The third kappa shape index (κ3) is 3.55. The second-order valence-corrected chi connectivity index (χ2v) is 2.59. The first-order valence-corrected chi connectivity index (χ1v) is 4.45. The molecule has 0 aliphatic heterocycles. The third-order valence-corrected chi connectivity index (χ3v) is 1.62. The fraction of sp³-hybridized carbons (Fsp3) is 0.300. The molecule has 0 radical (unpaired) electrons. The molecule has 0 fully saturated rings. The molecule has 0 saturated carbocycles. The number of ketones is 1. The van der Waals surface area contributed by atoms with E-state index in [1.165, 1.54) is 25.1 Å². The van der Waals surface area contributed by atoms with E-state index in [4.69, 9.17) is 11.6 Å². The van der Waals surface area contributed by atoms with Crippen LogP contribution in [-0.4, -0.2) is 5.78 Å². The van der Waals surface area contributed by atoms with E-state index in [1.54, 1.807) is 0 Å². The zero-order valence-electron chi connectivity index (χ0n) is 7.90. The molecule has 0 aromatic heterocycles. The number of carbonyl (C=O) groups excluding carboxylic acids is 1. The summed E-state index contributed by atoms with van der Waals surface area (Å²) in [4.78, 5) is 10.7. The summed E-state index contributed by atoms with van der Waals surface area (Å²) in [6.45, 7) is 5.41. The van der Waals surface area contributed by atoms with E-state index in [1.807, 2.05) is 13.8 Å². The van der Waals surface area contributed by atoms with E-state index in [2.05, 4.69) is 0 Å². The largest absolute Gasteiger partial charge is 0.295 e. The van der Waals surface area contributed by atoms with E-state index >= 15 is 0 Å². The lowest BCUT2D eigenvalue weighted by molar-refractivity contribution is 0.101. The third-order valence-electron chi connectivity index (χ3n) is 1.33. The molecular weight excluding hydrogens is 191 g/mol. The van der Waals surface area contributed by atoms with Gasteiger partial charge in [-0.25, -0.2) is 4.39 Å². The molecule has 0 N–H and O–H groups in total. The highest BCUT2D eigenvalue weighted by molar-refractivity contribution is 6.31. The number of rotatable bonds is 1. The molecule has 0 spiro atoms. The van der Waals surface area contributed by atoms with Crippen LogP contribution in [0.4, 0.5) is 4.39 Å². The first-order valence-electron chi connectivity index (χ1n) is 4.07. The van der Waals surface area contributed by atoms with Crippen molar-refractivity contribution in [3.63, 3.8) is 0 Å². The van der Waals surface area contributed by atoms with Gasteiger partial charge in [-0.3, -0.25) is 4.79 Å². The Morgan fingerprint density at radius 2 is 1.92 bits per heavy atom. The number of carbonyl (C=O) groups is 1. The van der Waals surface area contributed by atoms with E-state index < -0.39 is 5.82 Å². The molecule has 3 heteroatoms. The topological polar surface area (TPSA) is 17.1 Å². The monoisotopic (exact) mass is 202 g/mol. The molecule has 0 amide bonds. The predicted octanol–water partition coefficient (Wildman–Crippen LogP) is 3.71. The van der Waals surface area contributed by atoms with E-state index in [9.17, 15) is 9.18 Å². The highest BCUT2D eigenvalue weighted by Gasteiger charge is 2.03. The minimum atomic E-state index is -0.503. The van der Waals surface area contributed by atoms with Gasteiger partial charge < -0.3 is 0 Å². The molecule has 1 rings (SSSR count). The first-order chi connectivity index (χ1) is 6.11. The van der Waals surface area contributed by atoms with Gasteiger partial charge in [0, 0.05) is 5.56 Å². The Balaban J connectivity index is 0.000000671. The lowest BCUT2D eigenvalue weighted by Crippen LogP contribution is -1.91. The highest BCUT2D eigenvalue weighted by Crippen LogP contribution is 2.15. The lowest BCUT2D eigenvalue weighted by Gasteiger charge is -1.96. The quantitative estimate of drug-likeness (QED) is 0.635. The minimum absolute atomic E-state index is 0.0160. The summed E-state index contributed by atoms with van der Waals surface area (Å²) in [5, 5.41) is -0.0160. The van der Waals surface area contributed by atoms with Gasteiger partial charge in [0.1, 0.15) is 5.82 Å². The van der Waals surface area contributed by atoms with Crippen molar-refractivity contribution in [3.05, 3.63) is 34.6 Å². The van der Waals surface area contributed by atoms with Crippen molar-refractivity contribution in [1.82, 2.24) is 0 Å². The Morgan fingerprint density at radius 1 is 1.38 bits per heavy atom. The molecule has 13 heavy (non-hydrogen) atoms. The normalized spacial score (nSPS) is 8.69. The molecule has 0 aliphatic carbocycles. The van der Waals surface area contributed by atoms with E-state index in [0.29, 0.717) is 5.56 Å². The van der Waals surface area contributed by atoms with Gasteiger partial charge in [-0.15, -0.1) is 0 Å². The Hall–Kier alpha value is -0.890. The van der Waals surface area contributed by atoms with E-state index in [0.717, 1.165) is 0 Å². The Bertz CT molecular complexity index is 297. The zero-order chi connectivity index (χ0) is 10.4. The van der Waals surface area contributed by atoms with Crippen LogP contribution in [0.2, 0.25) is 5.02 Å². The molecule has 1 nitrogen and oxygen atoms in total. The molecule has 1 aromatic carbocycles. The lowest BCUT2D eigenvalue weighted by atomic mass is 10.1. The van der Waals surface area contributed by atoms with Gasteiger partial charge in [0.2, 0.25) is 0 Å². The van der Waals surface area contributed by atoms with Crippen LogP contribution in [-0.2, 0) is 0 Å². The van der Waals surface area contributed by atoms with Crippen LogP contribution in [0.5, 0.6) is 0 Å². The number of hydrogen-bond acceptors (Lipinski definition) is 1. The van der Waals surface area contributed by atoms with Crippen molar-refractivity contribution in [2.45, 2.75) is 20.8 Å². The van der Waals surface area contributed by atoms with Crippen LogP contribution in [0.3, 0.4) is 0 Å². The van der Waals surface area contributed by atoms with Crippen molar-refractivity contribution < 1.29 is 9.18 Å². The number of benzene rings is 1. The molecule has 0 heterocycles. The second kappa shape index (κ2) is 5.70. The maximum absolute atomic E-state index is 12.5. The average Bonchev–Trinajstić information content (AvgIpc) is 2.13. The number of Topliss-reactive ketones (excluding diaryl/α,β-unsaturated/α-hetero) is 1. The Labute approximate surface area is 82.5 Å². The number of halogens is 2. The van der Waals surface area contributed by atoms with Crippen LogP contribution in [0.15, 0.2) is 18.2 Å². The van der Waals surface area contributed by atoms with Gasteiger partial charge in [0.05, 0.1) is 5.02 Å². The van der Waals surface area contributed by atoms with Crippen molar-refractivity contribution in [1.29, 1.82) is 0 Å². The molecule has 0 atom stereocenters.